The van der Waals surface area contributed by atoms with Crippen molar-refractivity contribution in [3.8, 4) is 0 Å². The van der Waals surface area contributed by atoms with Crippen molar-refractivity contribution in [2.45, 2.75) is 26.3 Å². The Balaban J connectivity index is 1.80. The summed E-state index contributed by atoms with van der Waals surface area (Å²) in [6.45, 7) is 11.5. The van der Waals surface area contributed by atoms with Gasteiger partial charge in [-0.05, 0) is 12.3 Å². The Morgan fingerprint density at radius 1 is 1.11 bits per heavy atom. The predicted octanol–water partition coefficient (Wildman–Crippen LogP) is 0.294. The van der Waals surface area contributed by atoms with Crippen molar-refractivity contribution < 1.29 is 8.42 Å². The fraction of sp³-hybridized carbons (Fsp3) is 1.00. The molecule has 0 radical (unpaired) electrons. The van der Waals surface area contributed by atoms with E-state index < -0.39 is 10.0 Å². The van der Waals surface area contributed by atoms with Gasteiger partial charge in [0.15, 0.2) is 0 Å². The summed E-state index contributed by atoms with van der Waals surface area (Å²) < 4.78 is 24.7. The molecule has 2 aliphatic heterocycles. The summed E-state index contributed by atoms with van der Waals surface area (Å²) >= 11 is 0. The number of hydrogen-bond acceptors (Lipinski definition) is 4. The molecule has 0 N–H and O–H groups in total. The normalized spacial score (nSPS) is 28.3. The number of piperazine rings is 1. The average molecular weight is 289 g/mol. The summed E-state index contributed by atoms with van der Waals surface area (Å²) in [7, 11) is -3.00. The van der Waals surface area contributed by atoms with Gasteiger partial charge in [0.1, 0.15) is 0 Å². The Kier molecular flexibility index (Phi) is 4.87. The summed E-state index contributed by atoms with van der Waals surface area (Å²) in [4.78, 5) is 4.99. The number of sulfonamides is 1. The van der Waals surface area contributed by atoms with Crippen molar-refractivity contribution in [2.24, 2.45) is 5.92 Å². The molecule has 19 heavy (non-hydrogen) atoms. The molecule has 0 aliphatic carbocycles. The summed E-state index contributed by atoms with van der Waals surface area (Å²) in [5, 5.41) is 0. The second-order valence-corrected chi connectivity index (χ2v) is 8.28. The number of rotatable bonds is 4. The van der Waals surface area contributed by atoms with Crippen molar-refractivity contribution in [2.75, 3.05) is 52.1 Å². The standard InChI is InChI=1S/C13H27N3O2S/c1-12(2)10-14-6-8-15(9-7-14)13-4-5-16(11-13)19(3,17)18/h12-13H,4-11H2,1-3H3. The van der Waals surface area contributed by atoms with Gasteiger partial charge in [-0.3, -0.25) is 4.90 Å². The summed E-state index contributed by atoms with van der Waals surface area (Å²) in [6.07, 6.45) is 2.30. The molecular weight excluding hydrogens is 262 g/mol. The molecule has 2 aliphatic rings. The maximum Gasteiger partial charge on any atom is 0.211 e. The van der Waals surface area contributed by atoms with Crippen LogP contribution in [0.25, 0.3) is 0 Å². The molecule has 1 unspecified atom stereocenters. The average Bonchev–Trinajstić information content (AvgIpc) is 2.78. The monoisotopic (exact) mass is 289 g/mol. The molecule has 0 aromatic heterocycles. The Bertz CT molecular complexity index is 389. The smallest absolute Gasteiger partial charge is 0.211 e. The number of nitrogens with zero attached hydrogens (tertiary/aromatic N) is 3. The summed E-state index contributed by atoms with van der Waals surface area (Å²) in [6, 6.07) is 0.427. The molecule has 1 atom stereocenters. The molecule has 0 bridgehead atoms. The largest absolute Gasteiger partial charge is 0.301 e. The topological polar surface area (TPSA) is 43.9 Å². The van der Waals surface area contributed by atoms with Crippen LogP contribution in [0.1, 0.15) is 20.3 Å². The van der Waals surface area contributed by atoms with Crippen LogP contribution in [-0.4, -0.2) is 80.6 Å². The van der Waals surface area contributed by atoms with Crippen LogP contribution in [0.15, 0.2) is 0 Å². The van der Waals surface area contributed by atoms with Crippen LogP contribution < -0.4 is 0 Å². The SMILES string of the molecule is CC(C)CN1CCN(C2CCN(S(C)(=O)=O)C2)CC1. The van der Waals surface area contributed by atoms with Crippen LogP contribution in [0.4, 0.5) is 0 Å². The van der Waals surface area contributed by atoms with Crippen molar-refractivity contribution in [1.29, 1.82) is 0 Å². The van der Waals surface area contributed by atoms with Crippen LogP contribution in [0.2, 0.25) is 0 Å². The van der Waals surface area contributed by atoms with Gasteiger partial charge in [0.25, 0.3) is 0 Å². The highest BCUT2D eigenvalue weighted by atomic mass is 32.2. The van der Waals surface area contributed by atoms with Crippen LogP contribution in [-0.2, 0) is 10.0 Å². The first-order chi connectivity index (χ1) is 8.86. The van der Waals surface area contributed by atoms with E-state index in [4.69, 9.17) is 0 Å². The quantitative estimate of drug-likeness (QED) is 0.746. The summed E-state index contributed by atoms with van der Waals surface area (Å²) in [5.41, 5.74) is 0. The van der Waals surface area contributed by atoms with Crippen molar-refractivity contribution in [3.05, 3.63) is 0 Å². The molecule has 6 heteroatoms. The second-order valence-electron chi connectivity index (χ2n) is 6.29. The molecule has 0 saturated carbocycles. The highest BCUT2D eigenvalue weighted by Crippen LogP contribution is 2.19. The molecule has 112 valence electrons. The van der Waals surface area contributed by atoms with E-state index in [1.165, 1.54) is 12.8 Å². The molecule has 2 saturated heterocycles. The predicted molar refractivity (Wildman–Crippen MR) is 77.7 cm³/mol. The third kappa shape index (κ3) is 4.15. The minimum absolute atomic E-state index is 0.427. The third-order valence-electron chi connectivity index (χ3n) is 4.14. The van der Waals surface area contributed by atoms with Crippen molar-refractivity contribution in [3.63, 3.8) is 0 Å². The molecule has 2 fully saturated rings. The van der Waals surface area contributed by atoms with Gasteiger partial charge in [0, 0.05) is 51.9 Å². The van der Waals surface area contributed by atoms with E-state index in [9.17, 15) is 8.42 Å². The Morgan fingerprint density at radius 2 is 1.74 bits per heavy atom. The zero-order valence-electron chi connectivity index (χ0n) is 12.4. The summed E-state index contributed by atoms with van der Waals surface area (Å²) in [5.74, 6) is 0.721. The van der Waals surface area contributed by atoms with Gasteiger partial charge in [0.2, 0.25) is 10.0 Å². The van der Waals surface area contributed by atoms with Gasteiger partial charge in [-0.15, -0.1) is 0 Å². The van der Waals surface area contributed by atoms with E-state index in [0.29, 0.717) is 19.1 Å². The number of hydrogen-bond donors (Lipinski definition) is 0. The maximum atomic E-state index is 11.5. The molecule has 0 amide bonds. The molecule has 2 rings (SSSR count). The zero-order chi connectivity index (χ0) is 14.0. The molecule has 2 heterocycles. The van der Waals surface area contributed by atoms with Gasteiger partial charge in [-0.2, -0.15) is 0 Å². The molecule has 5 nitrogen and oxygen atoms in total. The highest BCUT2D eigenvalue weighted by Gasteiger charge is 2.33. The van der Waals surface area contributed by atoms with Crippen molar-refractivity contribution in [1.82, 2.24) is 14.1 Å². The van der Waals surface area contributed by atoms with Crippen LogP contribution in [0.3, 0.4) is 0 Å². The van der Waals surface area contributed by atoms with E-state index in [1.807, 2.05) is 0 Å². The van der Waals surface area contributed by atoms with Gasteiger partial charge >= 0.3 is 0 Å². The van der Waals surface area contributed by atoms with Crippen molar-refractivity contribution >= 4 is 10.0 Å². The van der Waals surface area contributed by atoms with E-state index in [2.05, 4.69) is 23.6 Å². The first-order valence-electron chi connectivity index (χ1n) is 7.28. The highest BCUT2D eigenvalue weighted by molar-refractivity contribution is 7.88. The second kappa shape index (κ2) is 6.08. The van der Waals surface area contributed by atoms with E-state index in [0.717, 1.165) is 38.5 Å². The fourth-order valence-electron chi connectivity index (χ4n) is 3.14. The lowest BCUT2D eigenvalue weighted by Crippen LogP contribution is -2.51. The zero-order valence-corrected chi connectivity index (χ0v) is 13.2. The van der Waals surface area contributed by atoms with Gasteiger partial charge in [-0.25, -0.2) is 12.7 Å². The van der Waals surface area contributed by atoms with Crippen LogP contribution in [0.5, 0.6) is 0 Å². The Labute approximate surface area is 117 Å². The molecule has 0 aromatic carbocycles. The minimum Gasteiger partial charge on any atom is -0.301 e. The van der Waals surface area contributed by atoms with E-state index >= 15 is 0 Å². The lowest BCUT2D eigenvalue weighted by atomic mass is 10.1. The Hall–Kier alpha value is -0.170. The lowest BCUT2D eigenvalue weighted by Gasteiger charge is -2.38. The molecular formula is C13H27N3O2S. The van der Waals surface area contributed by atoms with Crippen LogP contribution in [0, 0.1) is 5.92 Å². The van der Waals surface area contributed by atoms with Crippen LogP contribution >= 0.6 is 0 Å². The Morgan fingerprint density at radius 3 is 2.21 bits per heavy atom. The first-order valence-corrected chi connectivity index (χ1v) is 9.12. The first kappa shape index (κ1) is 15.2. The van der Waals surface area contributed by atoms with E-state index in [-0.39, 0.29) is 0 Å². The van der Waals surface area contributed by atoms with Gasteiger partial charge < -0.3 is 4.90 Å². The third-order valence-corrected chi connectivity index (χ3v) is 5.41. The van der Waals surface area contributed by atoms with E-state index in [1.54, 1.807) is 4.31 Å². The molecule has 0 spiro atoms. The molecule has 0 aromatic rings. The minimum atomic E-state index is -3.00. The van der Waals surface area contributed by atoms with Gasteiger partial charge in [-0.1, -0.05) is 13.8 Å². The lowest BCUT2D eigenvalue weighted by molar-refractivity contribution is 0.0933. The maximum absolute atomic E-state index is 11.5. The van der Waals surface area contributed by atoms with Gasteiger partial charge in [0.05, 0.1) is 6.26 Å². The fourth-order valence-corrected chi connectivity index (χ4v) is 4.02.